The Morgan fingerprint density at radius 3 is 2.63 bits per heavy atom. The summed E-state index contributed by atoms with van der Waals surface area (Å²) in [5.74, 6) is -0.250. The maximum Gasteiger partial charge on any atom is 0.271 e. The lowest BCUT2D eigenvalue weighted by Gasteiger charge is -2.26. The molecule has 1 saturated heterocycles. The lowest BCUT2D eigenvalue weighted by molar-refractivity contribution is -0.384. The van der Waals surface area contributed by atoms with E-state index >= 15 is 0 Å². The predicted octanol–water partition coefficient (Wildman–Crippen LogP) is 1.81. The van der Waals surface area contributed by atoms with Gasteiger partial charge in [-0.05, 0) is 23.8 Å². The van der Waals surface area contributed by atoms with Crippen LogP contribution in [-0.2, 0) is 26.0 Å². The highest BCUT2D eigenvalue weighted by Crippen LogP contribution is 2.29. The van der Waals surface area contributed by atoms with Crippen molar-refractivity contribution in [3.63, 3.8) is 0 Å². The SMILES string of the molecule is COc1ccc(CC(=O)Nc2cccc([N+](=O)[O-])c2)cc1S(=O)(=O)N1CCOCC1. The number of hydrogen-bond acceptors (Lipinski definition) is 7. The number of carbonyl (C=O) groups excluding carboxylic acids is 1. The minimum atomic E-state index is -3.82. The Hall–Kier alpha value is -3.02. The number of benzene rings is 2. The van der Waals surface area contributed by atoms with Crippen LogP contribution in [0, 0.1) is 10.1 Å². The van der Waals surface area contributed by atoms with Gasteiger partial charge in [-0.25, -0.2) is 8.42 Å². The van der Waals surface area contributed by atoms with Gasteiger partial charge in [0, 0.05) is 30.9 Å². The van der Waals surface area contributed by atoms with E-state index in [9.17, 15) is 23.3 Å². The molecule has 2 aromatic rings. The Morgan fingerprint density at radius 2 is 1.97 bits per heavy atom. The second kappa shape index (κ2) is 9.20. The number of methoxy groups -OCH3 is 1. The number of nitrogens with zero attached hydrogens (tertiary/aromatic N) is 2. The highest BCUT2D eigenvalue weighted by molar-refractivity contribution is 7.89. The van der Waals surface area contributed by atoms with Gasteiger partial charge in [0.05, 0.1) is 31.7 Å². The van der Waals surface area contributed by atoms with Crippen molar-refractivity contribution in [2.24, 2.45) is 0 Å². The van der Waals surface area contributed by atoms with Crippen molar-refractivity contribution >= 4 is 27.3 Å². The van der Waals surface area contributed by atoms with Crippen molar-refractivity contribution in [1.82, 2.24) is 4.31 Å². The maximum absolute atomic E-state index is 13.0. The Kier molecular flexibility index (Phi) is 6.65. The Morgan fingerprint density at radius 1 is 1.23 bits per heavy atom. The molecule has 10 nitrogen and oxygen atoms in total. The Balaban J connectivity index is 1.80. The normalized spacial score (nSPS) is 14.8. The van der Waals surface area contributed by atoms with E-state index in [0.717, 1.165) is 0 Å². The molecule has 1 N–H and O–H groups in total. The van der Waals surface area contributed by atoms with Crippen LogP contribution in [0.5, 0.6) is 5.75 Å². The number of amides is 1. The topological polar surface area (TPSA) is 128 Å². The van der Waals surface area contributed by atoms with Gasteiger partial charge in [-0.2, -0.15) is 4.31 Å². The summed E-state index contributed by atoms with van der Waals surface area (Å²) in [7, 11) is -2.44. The number of morpholine rings is 1. The van der Waals surface area contributed by atoms with E-state index in [4.69, 9.17) is 9.47 Å². The molecule has 0 atom stereocenters. The summed E-state index contributed by atoms with van der Waals surface area (Å²) in [5, 5.41) is 13.4. The van der Waals surface area contributed by atoms with Gasteiger partial charge in [0.2, 0.25) is 15.9 Å². The van der Waals surface area contributed by atoms with Crippen LogP contribution in [0.4, 0.5) is 11.4 Å². The number of nitro benzene ring substituents is 1. The molecule has 0 aromatic heterocycles. The molecule has 11 heteroatoms. The first-order valence-electron chi connectivity index (χ1n) is 9.10. The number of sulfonamides is 1. The van der Waals surface area contributed by atoms with Crippen molar-refractivity contribution in [1.29, 1.82) is 0 Å². The van der Waals surface area contributed by atoms with E-state index in [0.29, 0.717) is 18.8 Å². The lowest BCUT2D eigenvalue weighted by Crippen LogP contribution is -2.40. The molecular weight excluding hydrogens is 414 g/mol. The third kappa shape index (κ3) is 4.93. The summed E-state index contributed by atoms with van der Waals surface area (Å²) < 4.78 is 37.8. The van der Waals surface area contributed by atoms with E-state index in [1.807, 2.05) is 0 Å². The van der Waals surface area contributed by atoms with Gasteiger partial charge in [0.25, 0.3) is 5.69 Å². The monoisotopic (exact) mass is 435 g/mol. The summed E-state index contributed by atoms with van der Waals surface area (Å²) >= 11 is 0. The molecule has 1 amide bonds. The number of anilines is 1. The summed E-state index contributed by atoms with van der Waals surface area (Å²) in [4.78, 5) is 22.7. The molecule has 0 spiro atoms. The Bertz CT molecular complexity index is 1050. The van der Waals surface area contributed by atoms with Crippen molar-refractivity contribution < 1.29 is 27.6 Å². The molecule has 0 aliphatic carbocycles. The molecule has 30 heavy (non-hydrogen) atoms. The van der Waals surface area contributed by atoms with E-state index < -0.39 is 20.9 Å². The fraction of sp³-hybridized carbons (Fsp3) is 0.316. The van der Waals surface area contributed by atoms with Crippen molar-refractivity contribution in [2.45, 2.75) is 11.3 Å². The van der Waals surface area contributed by atoms with Crippen LogP contribution >= 0.6 is 0 Å². The second-order valence-electron chi connectivity index (χ2n) is 6.53. The first kappa shape index (κ1) is 21.7. The van der Waals surface area contributed by atoms with Gasteiger partial charge in [-0.15, -0.1) is 0 Å². The standard InChI is InChI=1S/C19H21N3O7S/c1-28-17-6-5-14(11-18(17)30(26,27)21-7-9-29-10-8-21)12-19(23)20-15-3-2-4-16(13-15)22(24)25/h2-6,11,13H,7-10,12H2,1H3,(H,20,23). The minimum Gasteiger partial charge on any atom is -0.495 e. The lowest BCUT2D eigenvalue weighted by atomic mass is 10.1. The zero-order valence-electron chi connectivity index (χ0n) is 16.2. The van der Waals surface area contributed by atoms with Crippen LogP contribution in [-0.4, -0.2) is 57.0 Å². The van der Waals surface area contributed by atoms with Crippen LogP contribution in [0.3, 0.4) is 0 Å². The molecule has 0 bridgehead atoms. The molecule has 1 aliphatic heterocycles. The van der Waals surface area contributed by atoms with Gasteiger partial charge in [0.1, 0.15) is 10.6 Å². The zero-order valence-corrected chi connectivity index (χ0v) is 17.1. The maximum atomic E-state index is 13.0. The first-order valence-corrected chi connectivity index (χ1v) is 10.5. The van der Waals surface area contributed by atoms with Gasteiger partial charge >= 0.3 is 0 Å². The van der Waals surface area contributed by atoms with E-state index in [1.54, 1.807) is 6.07 Å². The van der Waals surface area contributed by atoms with Crippen LogP contribution in [0.15, 0.2) is 47.4 Å². The van der Waals surface area contributed by atoms with Gasteiger partial charge in [0.15, 0.2) is 0 Å². The molecule has 0 saturated carbocycles. The average Bonchev–Trinajstić information content (AvgIpc) is 2.74. The quantitative estimate of drug-likeness (QED) is 0.519. The van der Waals surface area contributed by atoms with Gasteiger partial charge in [-0.1, -0.05) is 12.1 Å². The highest BCUT2D eigenvalue weighted by Gasteiger charge is 2.29. The Labute approximate surface area is 173 Å². The highest BCUT2D eigenvalue weighted by atomic mass is 32.2. The number of hydrogen-bond donors (Lipinski definition) is 1. The largest absolute Gasteiger partial charge is 0.495 e. The second-order valence-corrected chi connectivity index (χ2v) is 8.44. The van der Waals surface area contributed by atoms with E-state index in [1.165, 1.54) is 47.8 Å². The van der Waals surface area contributed by atoms with Crippen molar-refractivity contribution in [2.75, 3.05) is 38.7 Å². The minimum absolute atomic E-state index is 0.0208. The number of rotatable bonds is 7. The number of carbonyl (C=O) groups is 1. The number of nitro groups is 1. The average molecular weight is 435 g/mol. The molecule has 3 rings (SSSR count). The van der Waals surface area contributed by atoms with E-state index in [2.05, 4.69) is 5.32 Å². The summed E-state index contributed by atoms with van der Waals surface area (Å²) in [6.45, 7) is 1.10. The third-order valence-corrected chi connectivity index (χ3v) is 6.44. The van der Waals surface area contributed by atoms with E-state index in [-0.39, 0.29) is 41.5 Å². The van der Waals surface area contributed by atoms with Crippen LogP contribution in [0.25, 0.3) is 0 Å². The van der Waals surface area contributed by atoms with Crippen molar-refractivity contribution in [3.8, 4) is 5.75 Å². The molecule has 1 heterocycles. The molecule has 1 fully saturated rings. The molecule has 160 valence electrons. The molecule has 1 aliphatic rings. The first-order chi connectivity index (χ1) is 14.3. The fourth-order valence-corrected chi connectivity index (χ4v) is 4.66. The van der Waals surface area contributed by atoms with Crippen LogP contribution in [0.1, 0.15) is 5.56 Å². The molecule has 0 unspecified atom stereocenters. The summed E-state index contributed by atoms with van der Waals surface area (Å²) in [6.07, 6.45) is -0.113. The summed E-state index contributed by atoms with van der Waals surface area (Å²) in [5.41, 5.74) is 0.602. The van der Waals surface area contributed by atoms with Crippen LogP contribution in [0.2, 0.25) is 0 Å². The summed E-state index contributed by atoms with van der Waals surface area (Å²) in [6, 6.07) is 10.1. The van der Waals surface area contributed by atoms with Crippen LogP contribution < -0.4 is 10.1 Å². The predicted molar refractivity (Wildman–Crippen MR) is 108 cm³/mol. The van der Waals surface area contributed by atoms with Gasteiger partial charge < -0.3 is 14.8 Å². The number of ether oxygens (including phenoxy) is 2. The molecule has 0 radical (unpaired) electrons. The number of non-ortho nitro benzene ring substituents is 1. The van der Waals surface area contributed by atoms with Crippen molar-refractivity contribution in [3.05, 3.63) is 58.1 Å². The molecule has 2 aromatic carbocycles. The molecular formula is C19H21N3O7S. The van der Waals surface area contributed by atoms with Gasteiger partial charge in [-0.3, -0.25) is 14.9 Å². The number of nitrogens with one attached hydrogen (secondary N) is 1. The zero-order chi connectivity index (χ0) is 21.7. The third-order valence-electron chi connectivity index (χ3n) is 4.52. The fourth-order valence-electron chi connectivity index (χ4n) is 3.05. The smallest absolute Gasteiger partial charge is 0.271 e.